The third-order valence-electron chi connectivity index (χ3n) is 3.21. The van der Waals surface area contributed by atoms with Crippen molar-refractivity contribution in [1.29, 1.82) is 0 Å². The van der Waals surface area contributed by atoms with E-state index in [9.17, 15) is 20.1 Å². The number of nitrogens with one attached hydrogen (secondary N) is 1. The SMILES string of the molecule is COc1cc(O)c2c(=O)c3ccc(O)c(O)c3[nH]c2c1. The fourth-order valence-electron chi connectivity index (χ4n) is 2.22. The maximum atomic E-state index is 12.4. The van der Waals surface area contributed by atoms with Crippen LogP contribution in [0.25, 0.3) is 21.8 Å². The van der Waals surface area contributed by atoms with Crippen molar-refractivity contribution in [1.82, 2.24) is 4.98 Å². The molecule has 0 fully saturated rings. The maximum absolute atomic E-state index is 12.4. The van der Waals surface area contributed by atoms with Crippen molar-refractivity contribution in [3.05, 3.63) is 34.5 Å². The van der Waals surface area contributed by atoms with Crippen LogP contribution >= 0.6 is 0 Å². The number of phenols is 3. The first-order chi connectivity index (χ1) is 9.52. The van der Waals surface area contributed by atoms with E-state index in [1.54, 1.807) is 0 Å². The molecule has 0 amide bonds. The van der Waals surface area contributed by atoms with E-state index >= 15 is 0 Å². The Labute approximate surface area is 112 Å². The predicted molar refractivity (Wildman–Crippen MR) is 73.6 cm³/mol. The summed E-state index contributed by atoms with van der Waals surface area (Å²) in [4.78, 5) is 15.2. The Bertz CT molecular complexity index is 898. The number of aromatic hydroxyl groups is 3. The molecule has 0 unspecified atom stereocenters. The number of fused-ring (bicyclic) bond motifs is 2. The number of rotatable bonds is 1. The first-order valence-corrected chi connectivity index (χ1v) is 5.80. The normalized spacial score (nSPS) is 11.1. The van der Waals surface area contributed by atoms with Crippen LogP contribution in [0.2, 0.25) is 0 Å². The molecule has 0 spiro atoms. The van der Waals surface area contributed by atoms with Crippen LogP contribution in [0.3, 0.4) is 0 Å². The Balaban J connectivity index is 2.57. The molecule has 4 N–H and O–H groups in total. The average molecular weight is 273 g/mol. The Morgan fingerprint density at radius 3 is 2.55 bits per heavy atom. The third kappa shape index (κ3) is 1.55. The minimum absolute atomic E-state index is 0.100. The van der Waals surface area contributed by atoms with Crippen molar-refractivity contribution in [2.24, 2.45) is 0 Å². The Morgan fingerprint density at radius 1 is 1.10 bits per heavy atom. The lowest BCUT2D eigenvalue weighted by molar-refractivity contribution is 0.407. The number of aromatic amines is 1. The molecule has 0 aliphatic carbocycles. The molecule has 2 aromatic carbocycles. The van der Waals surface area contributed by atoms with Crippen molar-refractivity contribution in [3.8, 4) is 23.0 Å². The zero-order valence-corrected chi connectivity index (χ0v) is 10.5. The number of ether oxygens (including phenoxy) is 1. The van der Waals surface area contributed by atoms with Gasteiger partial charge in [-0.1, -0.05) is 0 Å². The van der Waals surface area contributed by atoms with E-state index in [4.69, 9.17) is 4.74 Å². The number of hydrogen-bond acceptors (Lipinski definition) is 5. The highest BCUT2D eigenvalue weighted by Gasteiger charge is 2.14. The standard InChI is InChI=1S/C14H11NO5/c1-20-6-4-8-11(10(17)5-6)13(18)7-2-3-9(16)14(19)12(7)15-8/h2-5,16-17,19H,1H3,(H,15,18). The number of phenolic OH excluding ortho intramolecular Hbond substituents is 3. The maximum Gasteiger partial charge on any atom is 0.201 e. The second-order valence-corrected chi connectivity index (χ2v) is 4.38. The molecule has 0 atom stereocenters. The zero-order chi connectivity index (χ0) is 14.4. The van der Waals surface area contributed by atoms with Crippen LogP contribution in [0.5, 0.6) is 23.0 Å². The molecule has 3 aromatic rings. The van der Waals surface area contributed by atoms with Gasteiger partial charge in [-0.25, -0.2) is 0 Å². The van der Waals surface area contributed by atoms with Gasteiger partial charge in [0.2, 0.25) is 5.43 Å². The van der Waals surface area contributed by atoms with Crippen molar-refractivity contribution < 1.29 is 20.1 Å². The molecule has 1 aromatic heterocycles. The van der Waals surface area contributed by atoms with Crippen LogP contribution < -0.4 is 10.2 Å². The van der Waals surface area contributed by atoms with E-state index in [1.165, 1.54) is 31.4 Å². The summed E-state index contributed by atoms with van der Waals surface area (Å²) in [5.41, 5.74) is -0.0281. The number of methoxy groups -OCH3 is 1. The monoisotopic (exact) mass is 273 g/mol. The molecular formula is C14H11NO5. The number of hydrogen-bond donors (Lipinski definition) is 4. The fraction of sp³-hybridized carbons (Fsp3) is 0.0714. The summed E-state index contributed by atoms with van der Waals surface area (Å²) in [7, 11) is 1.43. The number of pyridine rings is 1. The molecule has 20 heavy (non-hydrogen) atoms. The van der Waals surface area contributed by atoms with Crippen LogP contribution in [-0.4, -0.2) is 27.4 Å². The van der Waals surface area contributed by atoms with E-state index < -0.39 is 11.2 Å². The van der Waals surface area contributed by atoms with E-state index in [1.807, 2.05) is 0 Å². The lowest BCUT2D eigenvalue weighted by Crippen LogP contribution is -2.04. The first-order valence-electron chi connectivity index (χ1n) is 5.80. The minimum Gasteiger partial charge on any atom is -0.507 e. The fourth-order valence-corrected chi connectivity index (χ4v) is 2.22. The van der Waals surface area contributed by atoms with E-state index in [2.05, 4.69) is 4.98 Å². The van der Waals surface area contributed by atoms with E-state index in [0.717, 1.165) is 0 Å². The molecule has 0 saturated heterocycles. The summed E-state index contributed by atoms with van der Waals surface area (Å²) in [6.07, 6.45) is 0. The van der Waals surface area contributed by atoms with Gasteiger partial charge in [-0.15, -0.1) is 0 Å². The Morgan fingerprint density at radius 2 is 1.85 bits per heavy atom. The van der Waals surface area contributed by atoms with Crippen LogP contribution in [0.1, 0.15) is 0 Å². The summed E-state index contributed by atoms with van der Waals surface area (Å²) in [5.74, 6) is -0.594. The predicted octanol–water partition coefficient (Wildman–Crippen LogP) is 1.81. The van der Waals surface area contributed by atoms with Crippen molar-refractivity contribution in [3.63, 3.8) is 0 Å². The van der Waals surface area contributed by atoms with Gasteiger partial charge in [-0.05, 0) is 12.1 Å². The summed E-state index contributed by atoms with van der Waals surface area (Å²) in [6, 6.07) is 5.47. The number of aromatic nitrogens is 1. The molecule has 0 aliphatic heterocycles. The van der Waals surface area contributed by atoms with Gasteiger partial charge in [0.05, 0.1) is 28.9 Å². The summed E-state index contributed by atoms with van der Waals surface area (Å²) >= 11 is 0. The highest BCUT2D eigenvalue weighted by atomic mass is 16.5. The molecule has 0 saturated carbocycles. The molecule has 6 heteroatoms. The molecule has 0 aliphatic rings. The Kier molecular flexibility index (Phi) is 2.47. The molecule has 6 nitrogen and oxygen atoms in total. The van der Waals surface area contributed by atoms with Gasteiger partial charge in [0.15, 0.2) is 11.5 Å². The van der Waals surface area contributed by atoms with Crippen LogP contribution in [0.15, 0.2) is 29.1 Å². The van der Waals surface area contributed by atoms with Gasteiger partial charge in [-0.3, -0.25) is 4.79 Å². The lowest BCUT2D eigenvalue weighted by Gasteiger charge is -2.08. The van der Waals surface area contributed by atoms with Gasteiger partial charge >= 0.3 is 0 Å². The molecule has 1 heterocycles. The van der Waals surface area contributed by atoms with E-state index in [-0.39, 0.29) is 27.8 Å². The van der Waals surface area contributed by atoms with Gasteiger partial charge in [0.25, 0.3) is 0 Å². The molecule has 102 valence electrons. The van der Waals surface area contributed by atoms with Gasteiger partial charge in [0.1, 0.15) is 11.5 Å². The summed E-state index contributed by atoms with van der Waals surface area (Å²) in [5, 5.41) is 29.5. The minimum atomic E-state index is -0.441. The summed E-state index contributed by atoms with van der Waals surface area (Å²) in [6.45, 7) is 0. The van der Waals surface area contributed by atoms with Gasteiger partial charge in [0, 0.05) is 12.1 Å². The van der Waals surface area contributed by atoms with Crippen LogP contribution in [0, 0.1) is 0 Å². The first kappa shape index (κ1) is 12.2. The van der Waals surface area contributed by atoms with Gasteiger partial charge < -0.3 is 25.0 Å². The van der Waals surface area contributed by atoms with Crippen molar-refractivity contribution in [2.75, 3.05) is 7.11 Å². The second-order valence-electron chi connectivity index (χ2n) is 4.38. The second kappa shape index (κ2) is 4.06. The average Bonchev–Trinajstić information content (AvgIpc) is 2.43. The quantitative estimate of drug-likeness (QED) is 0.400. The highest BCUT2D eigenvalue weighted by molar-refractivity contribution is 5.98. The number of H-pyrrole nitrogens is 1. The number of benzene rings is 2. The summed E-state index contributed by atoms with van der Waals surface area (Å²) < 4.78 is 5.02. The van der Waals surface area contributed by atoms with Gasteiger partial charge in [-0.2, -0.15) is 0 Å². The largest absolute Gasteiger partial charge is 0.507 e. The van der Waals surface area contributed by atoms with Crippen molar-refractivity contribution >= 4 is 21.8 Å². The van der Waals surface area contributed by atoms with Crippen LogP contribution in [-0.2, 0) is 0 Å². The molecular weight excluding hydrogens is 262 g/mol. The highest BCUT2D eigenvalue weighted by Crippen LogP contribution is 2.34. The molecule has 3 rings (SSSR count). The zero-order valence-electron chi connectivity index (χ0n) is 10.5. The van der Waals surface area contributed by atoms with Crippen LogP contribution in [0.4, 0.5) is 0 Å². The van der Waals surface area contributed by atoms with Crippen molar-refractivity contribution in [2.45, 2.75) is 0 Å². The smallest absolute Gasteiger partial charge is 0.201 e. The molecule has 0 radical (unpaired) electrons. The Hall–Kier alpha value is -2.89. The lowest BCUT2D eigenvalue weighted by atomic mass is 10.1. The van der Waals surface area contributed by atoms with E-state index in [0.29, 0.717) is 11.3 Å². The topological polar surface area (TPSA) is 103 Å². The third-order valence-corrected chi connectivity index (χ3v) is 3.21. The molecule has 0 bridgehead atoms.